The van der Waals surface area contributed by atoms with Crippen molar-refractivity contribution in [2.24, 2.45) is 0 Å². The maximum Gasteiger partial charge on any atom is 0.305 e. The van der Waals surface area contributed by atoms with Crippen LogP contribution < -0.4 is 0 Å². The Bertz CT molecular complexity index is 758. The number of rotatable bonds is 12. The highest BCUT2D eigenvalue weighted by atomic mass is 16.7. The molecular formula is C26H38O6. The van der Waals surface area contributed by atoms with Crippen molar-refractivity contribution in [2.75, 3.05) is 13.7 Å². The number of aliphatic hydroxyl groups excluding tert-OH is 1. The molecule has 0 amide bonds. The quantitative estimate of drug-likeness (QED) is 0.277. The number of hydrogen-bond acceptors (Lipinski definition) is 6. The van der Waals surface area contributed by atoms with Gasteiger partial charge in [0, 0.05) is 37.4 Å². The average molecular weight is 447 g/mol. The van der Waals surface area contributed by atoms with Crippen LogP contribution >= 0.6 is 0 Å². The van der Waals surface area contributed by atoms with Gasteiger partial charge in [0.15, 0.2) is 6.29 Å². The normalized spacial score (nSPS) is 24.3. The summed E-state index contributed by atoms with van der Waals surface area (Å²) in [4.78, 5) is 11.3. The first kappa shape index (κ1) is 24.7. The first-order valence-corrected chi connectivity index (χ1v) is 12.1. The van der Waals surface area contributed by atoms with E-state index in [0.717, 1.165) is 68.6 Å². The van der Waals surface area contributed by atoms with Crippen molar-refractivity contribution in [1.29, 1.82) is 0 Å². The maximum absolute atomic E-state index is 11.3. The predicted octanol–water partition coefficient (Wildman–Crippen LogP) is 4.99. The highest BCUT2D eigenvalue weighted by Gasteiger charge is 2.37. The van der Waals surface area contributed by atoms with Gasteiger partial charge in [0.1, 0.15) is 11.5 Å². The number of carbonyl (C=O) groups is 1. The summed E-state index contributed by atoms with van der Waals surface area (Å²) in [5.74, 6) is 1.77. The second kappa shape index (κ2) is 13.0. The van der Waals surface area contributed by atoms with Gasteiger partial charge >= 0.3 is 5.97 Å². The predicted molar refractivity (Wildman–Crippen MR) is 122 cm³/mol. The number of fused-ring (bicyclic) bond motifs is 1. The largest absolute Gasteiger partial charge is 0.469 e. The molecule has 2 heterocycles. The van der Waals surface area contributed by atoms with E-state index in [-0.39, 0.29) is 24.3 Å². The van der Waals surface area contributed by atoms with Crippen LogP contribution in [0.3, 0.4) is 0 Å². The Labute approximate surface area is 191 Å². The SMILES string of the molecule is CCC=CC[C@H](O)C=C[C@@H]1c2cc(CCCCC(=O)OC)oc2C[C@H]1OC1CCCCO1. The maximum atomic E-state index is 11.3. The molecule has 4 atom stereocenters. The third-order valence-electron chi connectivity index (χ3n) is 6.11. The fourth-order valence-corrected chi connectivity index (χ4v) is 4.35. The highest BCUT2D eigenvalue weighted by molar-refractivity contribution is 5.68. The summed E-state index contributed by atoms with van der Waals surface area (Å²) in [6.45, 7) is 2.83. The van der Waals surface area contributed by atoms with E-state index in [1.54, 1.807) is 0 Å². The van der Waals surface area contributed by atoms with E-state index in [4.69, 9.17) is 18.6 Å². The summed E-state index contributed by atoms with van der Waals surface area (Å²) in [6, 6.07) is 2.12. The van der Waals surface area contributed by atoms with Gasteiger partial charge in [0.05, 0.1) is 19.3 Å². The zero-order valence-corrected chi connectivity index (χ0v) is 19.5. The van der Waals surface area contributed by atoms with E-state index in [0.29, 0.717) is 19.3 Å². The molecule has 1 aliphatic carbocycles. The number of allylic oxidation sites excluding steroid dienone is 1. The summed E-state index contributed by atoms with van der Waals surface area (Å²) in [5, 5.41) is 10.3. The van der Waals surface area contributed by atoms with Gasteiger partial charge in [-0.2, -0.15) is 0 Å². The Hall–Kier alpha value is -1.89. The van der Waals surface area contributed by atoms with Gasteiger partial charge in [-0.1, -0.05) is 31.2 Å². The molecule has 6 heteroatoms. The molecule has 1 aromatic heterocycles. The van der Waals surface area contributed by atoms with Crippen LogP contribution in [0.2, 0.25) is 0 Å². The molecule has 2 aliphatic rings. The van der Waals surface area contributed by atoms with Gasteiger partial charge < -0.3 is 23.7 Å². The monoisotopic (exact) mass is 446 g/mol. The molecule has 0 radical (unpaired) electrons. The van der Waals surface area contributed by atoms with Crippen molar-refractivity contribution in [3.63, 3.8) is 0 Å². The van der Waals surface area contributed by atoms with Crippen LogP contribution in [-0.2, 0) is 31.8 Å². The van der Waals surface area contributed by atoms with E-state index in [2.05, 4.69) is 25.1 Å². The summed E-state index contributed by atoms with van der Waals surface area (Å²) >= 11 is 0. The molecule has 0 bridgehead atoms. The van der Waals surface area contributed by atoms with Crippen LogP contribution in [0.5, 0.6) is 0 Å². The molecule has 1 unspecified atom stereocenters. The number of aliphatic hydroxyl groups is 1. The molecule has 1 aliphatic heterocycles. The number of methoxy groups -OCH3 is 1. The summed E-state index contributed by atoms with van der Waals surface area (Å²) in [7, 11) is 1.42. The summed E-state index contributed by atoms with van der Waals surface area (Å²) in [5.41, 5.74) is 1.14. The number of unbranched alkanes of at least 4 members (excludes halogenated alkanes) is 1. The molecule has 32 heavy (non-hydrogen) atoms. The van der Waals surface area contributed by atoms with Crippen molar-refractivity contribution in [2.45, 2.75) is 95.5 Å². The lowest BCUT2D eigenvalue weighted by atomic mass is 9.98. The highest BCUT2D eigenvalue weighted by Crippen LogP contribution is 2.40. The van der Waals surface area contributed by atoms with Gasteiger partial charge in [0.25, 0.3) is 0 Å². The lowest BCUT2D eigenvalue weighted by Crippen LogP contribution is -2.30. The lowest BCUT2D eigenvalue weighted by Gasteiger charge is -2.28. The van der Waals surface area contributed by atoms with Crippen LogP contribution in [0.15, 0.2) is 34.8 Å². The minimum Gasteiger partial charge on any atom is -0.469 e. The molecule has 0 aromatic carbocycles. The van der Waals surface area contributed by atoms with Crippen LogP contribution in [0, 0.1) is 0 Å². The molecular weight excluding hydrogens is 408 g/mol. The Morgan fingerprint density at radius 2 is 2.19 bits per heavy atom. The van der Waals surface area contributed by atoms with Crippen molar-refractivity contribution in [3.8, 4) is 0 Å². The number of carbonyl (C=O) groups excluding carboxylic acids is 1. The van der Waals surface area contributed by atoms with E-state index in [1.165, 1.54) is 7.11 Å². The Balaban J connectivity index is 1.64. The Morgan fingerprint density at radius 3 is 2.94 bits per heavy atom. The van der Waals surface area contributed by atoms with Gasteiger partial charge in [0.2, 0.25) is 0 Å². The van der Waals surface area contributed by atoms with Gasteiger partial charge in [-0.25, -0.2) is 0 Å². The lowest BCUT2D eigenvalue weighted by molar-refractivity contribution is -0.188. The standard InChI is InChI=1S/C26H38O6/c1-3-4-5-10-19(27)14-15-21-22-17-20(11-6-7-12-25(28)29-2)31-24(22)18-23(21)32-26-13-8-9-16-30-26/h4-5,14-15,17,19,21,23,26-27H,3,6-13,16,18H2,1-2H3/t19-,21+,23+,26?/m0/s1. The van der Waals surface area contributed by atoms with Gasteiger partial charge in [-0.3, -0.25) is 4.79 Å². The van der Waals surface area contributed by atoms with Crippen LogP contribution in [-0.4, -0.2) is 43.3 Å². The van der Waals surface area contributed by atoms with Gasteiger partial charge in [-0.15, -0.1) is 0 Å². The van der Waals surface area contributed by atoms with Gasteiger partial charge in [-0.05, 0) is 51.0 Å². The molecule has 1 N–H and O–H groups in total. The smallest absolute Gasteiger partial charge is 0.305 e. The molecule has 1 fully saturated rings. The second-order valence-electron chi connectivity index (χ2n) is 8.64. The minimum atomic E-state index is -0.516. The number of aryl methyl sites for hydroxylation is 1. The van der Waals surface area contributed by atoms with Crippen molar-refractivity contribution < 1.29 is 28.5 Å². The summed E-state index contributed by atoms with van der Waals surface area (Å²) < 4.78 is 23.0. The Morgan fingerprint density at radius 1 is 1.31 bits per heavy atom. The van der Waals surface area contributed by atoms with Crippen LogP contribution in [0.4, 0.5) is 0 Å². The molecule has 0 spiro atoms. The fourth-order valence-electron chi connectivity index (χ4n) is 4.35. The van der Waals surface area contributed by atoms with Crippen molar-refractivity contribution in [1.82, 2.24) is 0 Å². The molecule has 0 saturated carbocycles. The first-order chi connectivity index (χ1) is 15.6. The average Bonchev–Trinajstić information content (AvgIpc) is 3.33. The molecule has 1 saturated heterocycles. The van der Waals surface area contributed by atoms with E-state index < -0.39 is 6.10 Å². The first-order valence-electron chi connectivity index (χ1n) is 12.1. The van der Waals surface area contributed by atoms with Crippen molar-refractivity contribution >= 4 is 5.97 Å². The molecule has 6 nitrogen and oxygen atoms in total. The zero-order chi connectivity index (χ0) is 22.8. The van der Waals surface area contributed by atoms with E-state index in [9.17, 15) is 9.90 Å². The second-order valence-corrected chi connectivity index (χ2v) is 8.64. The zero-order valence-electron chi connectivity index (χ0n) is 19.5. The third kappa shape index (κ3) is 7.32. The fraction of sp³-hybridized carbons (Fsp3) is 0.654. The topological polar surface area (TPSA) is 78.1 Å². The Kier molecular flexibility index (Phi) is 10.0. The van der Waals surface area contributed by atoms with Crippen LogP contribution in [0.1, 0.15) is 81.3 Å². The number of furan rings is 1. The van der Waals surface area contributed by atoms with E-state index in [1.807, 2.05) is 12.2 Å². The number of esters is 1. The minimum absolute atomic E-state index is 0.0351. The van der Waals surface area contributed by atoms with Crippen molar-refractivity contribution in [3.05, 3.63) is 47.5 Å². The molecule has 178 valence electrons. The number of ether oxygens (including phenoxy) is 3. The van der Waals surface area contributed by atoms with E-state index >= 15 is 0 Å². The molecule has 3 rings (SSSR count). The summed E-state index contributed by atoms with van der Waals surface area (Å²) in [6.07, 6.45) is 15.6. The van der Waals surface area contributed by atoms with Crippen LogP contribution in [0.25, 0.3) is 0 Å². The molecule has 1 aromatic rings. The number of hydrogen-bond donors (Lipinski definition) is 1. The third-order valence-corrected chi connectivity index (χ3v) is 6.11.